The van der Waals surface area contributed by atoms with Gasteiger partial charge in [0.15, 0.2) is 29.3 Å². The summed E-state index contributed by atoms with van der Waals surface area (Å²) >= 11 is 0. The normalized spacial score (nSPS) is 31.6. The maximum absolute atomic E-state index is 14.0. The number of ether oxygens (including phenoxy) is 3. The van der Waals surface area contributed by atoms with E-state index in [0.717, 1.165) is 31.2 Å². The summed E-state index contributed by atoms with van der Waals surface area (Å²) in [5, 5.41) is 15.5. The Morgan fingerprint density at radius 2 is 2.00 bits per heavy atom. The van der Waals surface area contributed by atoms with Crippen LogP contribution in [0.25, 0.3) is 0 Å². The first-order valence-electron chi connectivity index (χ1n) is 17.1. The van der Waals surface area contributed by atoms with E-state index in [1.54, 1.807) is 7.11 Å². The molecule has 7 rings (SSSR count). The number of benzene rings is 1. The number of nitrogens with two attached hydrogens (primary N) is 2. The zero-order valence-electron chi connectivity index (χ0n) is 27.8. The van der Waals surface area contributed by atoms with Gasteiger partial charge in [0, 0.05) is 32.1 Å². The van der Waals surface area contributed by atoms with Gasteiger partial charge in [-0.05, 0) is 74.5 Å². The molecule has 2 aliphatic heterocycles. The Balaban J connectivity index is 1.09. The molecular formula is C35H44N6O8. The monoisotopic (exact) mass is 676 g/mol. The van der Waals surface area contributed by atoms with Crippen LogP contribution in [0.15, 0.2) is 40.6 Å². The molecule has 0 aromatic heterocycles. The quantitative estimate of drug-likeness (QED) is 0.179. The molecule has 49 heavy (non-hydrogen) atoms. The minimum Gasteiger partial charge on any atom is -0.493 e. The summed E-state index contributed by atoms with van der Waals surface area (Å²) in [6.45, 7) is 1.78. The number of amides is 3. The van der Waals surface area contributed by atoms with E-state index in [0.29, 0.717) is 42.6 Å². The molecule has 1 spiro atoms. The first-order valence-corrected chi connectivity index (χ1v) is 17.1. The third-order valence-corrected chi connectivity index (χ3v) is 11.5. The van der Waals surface area contributed by atoms with Gasteiger partial charge in [0.05, 0.1) is 24.5 Å². The third-order valence-electron chi connectivity index (χ3n) is 11.5. The molecule has 1 aromatic carbocycles. The number of guanidine groups is 1. The van der Waals surface area contributed by atoms with Crippen LogP contribution in [0.2, 0.25) is 0 Å². The highest BCUT2D eigenvalue weighted by Gasteiger charge is 2.62. The number of aliphatic carboxylic acids is 1. The van der Waals surface area contributed by atoms with Crippen molar-refractivity contribution in [2.24, 2.45) is 34.2 Å². The lowest BCUT2D eigenvalue weighted by Crippen LogP contribution is -2.56. The van der Waals surface area contributed by atoms with Crippen molar-refractivity contribution in [3.8, 4) is 11.5 Å². The Kier molecular flexibility index (Phi) is 8.22. The van der Waals surface area contributed by atoms with Crippen molar-refractivity contribution in [2.75, 3.05) is 26.7 Å². The van der Waals surface area contributed by atoms with Crippen LogP contribution < -0.4 is 31.6 Å². The number of carbonyl (C=O) groups is 4. The number of piperidine rings is 1. The summed E-state index contributed by atoms with van der Waals surface area (Å²) in [5.41, 5.74) is 13.0. The number of allylic oxidation sites excluding steroid dienone is 2. The lowest BCUT2D eigenvalue weighted by atomic mass is 9.53. The minimum atomic E-state index is -1.13. The molecule has 262 valence electrons. The van der Waals surface area contributed by atoms with Gasteiger partial charge in [-0.15, -0.1) is 0 Å². The highest BCUT2D eigenvalue weighted by atomic mass is 16.6. The van der Waals surface area contributed by atoms with Crippen molar-refractivity contribution < 1.29 is 38.5 Å². The largest absolute Gasteiger partial charge is 0.493 e. The number of carboxylic acids is 1. The Morgan fingerprint density at radius 3 is 2.73 bits per heavy atom. The zero-order valence-corrected chi connectivity index (χ0v) is 27.8. The maximum Gasteiger partial charge on any atom is 0.415 e. The van der Waals surface area contributed by atoms with E-state index in [4.69, 9.17) is 25.7 Å². The van der Waals surface area contributed by atoms with Crippen molar-refractivity contribution in [1.82, 2.24) is 15.5 Å². The number of hydrogen-bond donors (Lipinski definition) is 5. The molecule has 1 saturated heterocycles. The third kappa shape index (κ3) is 5.45. The van der Waals surface area contributed by atoms with E-state index < -0.39 is 47.0 Å². The summed E-state index contributed by atoms with van der Waals surface area (Å²) in [6, 6.07) is 3.41. The van der Waals surface area contributed by atoms with Gasteiger partial charge >= 0.3 is 12.1 Å². The van der Waals surface area contributed by atoms with Crippen molar-refractivity contribution in [1.29, 1.82) is 0 Å². The van der Waals surface area contributed by atoms with E-state index in [1.165, 1.54) is 23.0 Å². The zero-order chi connectivity index (χ0) is 34.7. The van der Waals surface area contributed by atoms with Crippen LogP contribution >= 0.6 is 0 Å². The van der Waals surface area contributed by atoms with Crippen LogP contribution in [-0.2, 0) is 31.0 Å². The first-order chi connectivity index (χ1) is 23.5. The van der Waals surface area contributed by atoms with Gasteiger partial charge in [0.2, 0.25) is 11.8 Å². The molecule has 0 radical (unpaired) electrons. The molecular weight excluding hydrogens is 632 g/mol. The minimum absolute atomic E-state index is 0.0136. The fourth-order valence-electron chi connectivity index (χ4n) is 9.21. The van der Waals surface area contributed by atoms with Crippen LogP contribution in [0.5, 0.6) is 11.5 Å². The SMILES string of the molecule is COc1ccc2c3c1OC1C(OC(=O)N4CCC(C(=O)O)CC4CNC(=O)C4(NC(C)=O)C[C@H]4CCN=C(N)N)=CC=C4[C@H](CCC[C@]431)C2. The Bertz CT molecular complexity index is 1690. The molecule has 2 bridgehead atoms. The number of methoxy groups -OCH3 is 1. The Hall–Kier alpha value is -4.75. The fraction of sp³-hybridized carbons (Fsp3) is 0.571. The number of hydrogen-bond acceptors (Lipinski definition) is 8. The predicted octanol–water partition coefficient (Wildman–Crippen LogP) is 1.85. The van der Waals surface area contributed by atoms with E-state index in [2.05, 4.69) is 27.8 Å². The number of aliphatic imine (C=N–C) groups is 1. The van der Waals surface area contributed by atoms with Crippen molar-refractivity contribution >= 4 is 29.8 Å². The summed E-state index contributed by atoms with van der Waals surface area (Å²) < 4.78 is 18.5. The van der Waals surface area contributed by atoms with E-state index in [9.17, 15) is 24.3 Å². The van der Waals surface area contributed by atoms with Crippen LogP contribution in [0.4, 0.5) is 4.79 Å². The number of carbonyl (C=O) groups excluding carboxylic acids is 3. The lowest BCUT2D eigenvalue weighted by molar-refractivity contribution is -0.144. The molecule has 1 aromatic rings. The first kappa shape index (κ1) is 32.8. The highest BCUT2D eigenvalue weighted by molar-refractivity contribution is 5.94. The molecule has 4 unspecified atom stereocenters. The predicted molar refractivity (Wildman–Crippen MR) is 177 cm³/mol. The van der Waals surface area contributed by atoms with Crippen LogP contribution in [0, 0.1) is 17.8 Å². The highest BCUT2D eigenvalue weighted by Crippen LogP contribution is 2.64. The van der Waals surface area contributed by atoms with Gasteiger partial charge < -0.3 is 46.3 Å². The topological polar surface area (TPSA) is 208 Å². The van der Waals surface area contributed by atoms with Gasteiger partial charge in [0.1, 0.15) is 5.54 Å². The summed E-state index contributed by atoms with van der Waals surface area (Å²) in [5.74, 6) is -0.500. The fourth-order valence-corrected chi connectivity index (χ4v) is 9.21. The molecule has 3 amide bonds. The summed E-state index contributed by atoms with van der Waals surface area (Å²) in [7, 11) is 1.62. The van der Waals surface area contributed by atoms with Crippen LogP contribution in [-0.4, -0.2) is 84.3 Å². The lowest BCUT2D eigenvalue weighted by Gasteiger charge is -2.49. The van der Waals surface area contributed by atoms with Gasteiger partial charge in [-0.2, -0.15) is 0 Å². The molecule has 3 fully saturated rings. The van der Waals surface area contributed by atoms with Crippen molar-refractivity contribution in [2.45, 2.75) is 81.4 Å². The Labute approximate surface area is 284 Å². The molecule has 14 nitrogen and oxygen atoms in total. The maximum atomic E-state index is 14.0. The Morgan fingerprint density at radius 1 is 1.18 bits per heavy atom. The number of likely N-dealkylation sites (tertiary alicyclic amines) is 1. The summed E-state index contributed by atoms with van der Waals surface area (Å²) in [6.07, 6.45) is 7.97. The van der Waals surface area contributed by atoms with Gasteiger partial charge in [-0.1, -0.05) is 24.1 Å². The van der Waals surface area contributed by atoms with Gasteiger partial charge in [0.25, 0.3) is 0 Å². The van der Waals surface area contributed by atoms with Gasteiger partial charge in [-0.3, -0.25) is 19.4 Å². The van der Waals surface area contributed by atoms with Crippen LogP contribution in [0.1, 0.15) is 63.0 Å². The van der Waals surface area contributed by atoms with E-state index in [-0.39, 0.29) is 43.7 Å². The summed E-state index contributed by atoms with van der Waals surface area (Å²) in [4.78, 5) is 57.2. The van der Waals surface area contributed by atoms with Gasteiger partial charge in [-0.25, -0.2) is 4.79 Å². The molecule has 4 aliphatic carbocycles. The number of carboxylic acid groups (broad SMARTS) is 1. The van der Waals surface area contributed by atoms with Crippen molar-refractivity contribution in [3.63, 3.8) is 0 Å². The average molecular weight is 677 g/mol. The average Bonchev–Trinajstić information content (AvgIpc) is 3.63. The van der Waals surface area contributed by atoms with Crippen molar-refractivity contribution in [3.05, 3.63) is 46.7 Å². The van der Waals surface area contributed by atoms with E-state index >= 15 is 0 Å². The molecule has 14 heteroatoms. The number of nitrogens with one attached hydrogen (secondary N) is 2. The molecule has 7 N–H and O–H groups in total. The number of rotatable bonds is 10. The van der Waals surface area contributed by atoms with Crippen LogP contribution in [0.3, 0.4) is 0 Å². The second kappa shape index (κ2) is 12.3. The van der Waals surface area contributed by atoms with E-state index in [1.807, 2.05) is 12.1 Å². The standard InChI is InChI=1S/C35H44N6O8/c1-18(42)40-35(16-22(35)9-12-38-32(36)37)31(45)39-17-23-15-21(30(43)44)10-13-41(23)33(46)48-26-8-6-24-19-4-3-11-34(24)27-20(14-19)5-7-25(47-2)28(27)49-29(26)34/h5-8,19,21-23,29H,3-4,9-17H2,1-2H3,(H,39,45)(H,40,42)(H,43,44)(H4,36,37,38)/t19-,21?,22-,23?,29?,34+,35?/m1/s1. The second-order valence-electron chi connectivity index (χ2n) is 14.2. The second-order valence-corrected chi connectivity index (χ2v) is 14.2. The molecule has 6 aliphatic rings. The molecule has 2 heterocycles. The number of nitrogens with zero attached hydrogens (tertiary/aromatic N) is 2. The molecule has 2 saturated carbocycles. The smallest absolute Gasteiger partial charge is 0.415 e. The molecule has 7 atom stereocenters.